The van der Waals surface area contributed by atoms with Gasteiger partial charge in [-0.25, -0.2) is 4.98 Å². The van der Waals surface area contributed by atoms with Crippen molar-refractivity contribution in [2.45, 2.75) is 0 Å². The summed E-state index contributed by atoms with van der Waals surface area (Å²) in [7, 11) is 0. The number of rotatable bonds is 1. The molecule has 0 aliphatic rings. The van der Waals surface area contributed by atoms with Crippen molar-refractivity contribution >= 4 is 11.9 Å². The molecule has 0 aliphatic carbocycles. The summed E-state index contributed by atoms with van der Waals surface area (Å²) in [6, 6.07) is 0.113. The van der Waals surface area contributed by atoms with Gasteiger partial charge in [-0.15, -0.1) is 0 Å². The Morgan fingerprint density at radius 2 is 2.00 bits per heavy atom. The van der Waals surface area contributed by atoms with Gasteiger partial charge < -0.3 is 4.29 Å². The first-order valence-electron chi connectivity index (χ1n) is 1.84. The van der Waals surface area contributed by atoms with E-state index in [1.165, 1.54) is 12.7 Å². The number of nitrogens with zero attached hydrogens (tertiary/aromatic N) is 3. The lowest BCUT2D eigenvalue weighted by Gasteiger charge is -1.86. The Hall–Kier alpha value is -0.900. The van der Waals surface area contributed by atoms with Crippen molar-refractivity contribution < 1.29 is 4.29 Å². The van der Waals surface area contributed by atoms with Crippen LogP contribution in [0.3, 0.4) is 0 Å². The molecule has 5 heteroatoms. The van der Waals surface area contributed by atoms with Crippen LogP contribution in [0.25, 0.3) is 0 Å². The molecule has 1 aromatic rings. The number of hydrogen-bond acceptors (Lipinski definition) is 4. The highest BCUT2D eigenvalue weighted by molar-refractivity contribution is 6.08. The van der Waals surface area contributed by atoms with Gasteiger partial charge in [0.05, 0.1) is 0 Å². The zero-order valence-corrected chi connectivity index (χ0v) is 4.54. The highest BCUT2D eigenvalue weighted by atomic mass is 35.5. The van der Waals surface area contributed by atoms with Crippen molar-refractivity contribution in [1.29, 1.82) is 0 Å². The Morgan fingerprint density at radius 3 is 2.38 bits per heavy atom. The lowest BCUT2D eigenvalue weighted by molar-refractivity contribution is 0.556. The van der Waals surface area contributed by atoms with Gasteiger partial charge in [-0.05, 0) is 0 Å². The molecule has 0 spiro atoms. The summed E-state index contributed by atoms with van der Waals surface area (Å²) in [4.78, 5) is 10.6. The van der Waals surface area contributed by atoms with Gasteiger partial charge >= 0.3 is 6.01 Å². The molecular weight excluding hydrogens is 130 g/mol. The van der Waals surface area contributed by atoms with Crippen molar-refractivity contribution in [3.05, 3.63) is 12.7 Å². The van der Waals surface area contributed by atoms with E-state index in [1.807, 2.05) is 0 Å². The molecular formula is C3H2ClN3O. The van der Waals surface area contributed by atoms with E-state index in [0.717, 1.165) is 0 Å². The van der Waals surface area contributed by atoms with Crippen LogP contribution in [0.5, 0.6) is 6.01 Å². The summed E-state index contributed by atoms with van der Waals surface area (Å²) in [5, 5.41) is 0. The Labute approximate surface area is 50.7 Å². The molecule has 4 nitrogen and oxygen atoms in total. The minimum absolute atomic E-state index is 0.113. The first-order chi connectivity index (χ1) is 3.93. The van der Waals surface area contributed by atoms with Crippen LogP contribution in [-0.4, -0.2) is 15.0 Å². The van der Waals surface area contributed by atoms with Gasteiger partial charge in [0, 0.05) is 0 Å². The second-order valence-corrected chi connectivity index (χ2v) is 1.15. The summed E-state index contributed by atoms with van der Waals surface area (Å²) < 4.78 is 4.12. The van der Waals surface area contributed by atoms with Crippen molar-refractivity contribution in [2.24, 2.45) is 0 Å². The van der Waals surface area contributed by atoms with E-state index in [1.54, 1.807) is 0 Å². The van der Waals surface area contributed by atoms with Gasteiger partial charge in [0.15, 0.2) is 0 Å². The second-order valence-electron chi connectivity index (χ2n) is 0.998. The Bertz CT molecular complexity index is 156. The topological polar surface area (TPSA) is 47.9 Å². The SMILES string of the molecule is ClOc1ncncn1. The Kier molecular flexibility index (Phi) is 1.58. The van der Waals surface area contributed by atoms with Crippen LogP contribution in [0.4, 0.5) is 0 Å². The third kappa shape index (κ3) is 1.04. The molecule has 1 rings (SSSR count). The maximum absolute atomic E-state index is 4.87. The van der Waals surface area contributed by atoms with Crippen LogP contribution in [0.1, 0.15) is 0 Å². The van der Waals surface area contributed by atoms with Gasteiger partial charge in [-0.2, -0.15) is 9.97 Å². The van der Waals surface area contributed by atoms with Gasteiger partial charge in [-0.1, -0.05) is 0 Å². The van der Waals surface area contributed by atoms with Crippen LogP contribution in [0.15, 0.2) is 12.7 Å². The maximum atomic E-state index is 4.87. The fourth-order valence-corrected chi connectivity index (χ4v) is 0.348. The quantitative estimate of drug-likeness (QED) is 0.554. The fraction of sp³-hybridized carbons (Fsp3) is 0. The van der Waals surface area contributed by atoms with Crippen LogP contribution in [0, 0.1) is 0 Å². The predicted molar refractivity (Wildman–Crippen MR) is 26.3 cm³/mol. The summed E-state index contributed by atoms with van der Waals surface area (Å²) in [5.74, 6) is 0. The molecule has 8 heavy (non-hydrogen) atoms. The molecule has 0 aliphatic heterocycles. The third-order valence-electron chi connectivity index (χ3n) is 0.539. The average molecular weight is 132 g/mol. The van der Waals surface area contributed by atoms with E-state index in [-0.39, 0.29) is 6.01 Å². The molecule has 0 amide bonds. The molecule has 1 heterocycles. The molecule has 0 saturated heterocycles. The number of hydrogen-bond donors (Lipinski definition) is 0. The highest BCUT2D eigenvalue weighted by Crippen LogP contribution is 1.95. The van der Waals surface area contributed by atoms with E-state index < -0.39 is 0 Å². The second kappa shape index (κ2) is 2.42. The zero-order valence-electron chi connectivity index (χ0n) is 3.78. The summed E-state index contributed by atoms with van der Waals surface area (Å²) >= 11 is 4.87. The maximum Gasteiger partial charge on any atom is 0.338 e. The number of halogens is 1. The average Bonchev–Trinajstić information content (AvgIpc) is 1.90. The molecule has 0 fully saturated rings. The molecule has 0 saturated carbocycles. The van der Waals surface area contributed by atoms with Gasteiger partial charge in [-0.3, -0.25) is 0 Å². The fourth-order valence-electron chi connectivity index (χ4n) is 0.268. The third-order valence-corrected chi connectivity index (χ3v) is 0.677. The largest absolute Gasteiger partial charge is 0.345 e. The first kappa shape index (κ1) is 5.24. The normalized spacial score (nSPS) is 8.62. The lowest BCUT2D eigenvalue weighted by atomic mass is 11.0. The molecule has 1 aromatic heterocycles. The van der Waals surface area contributed by atoms with E-state index >= 15 is 0 Å². The number of aromatic nitrogens is 3. The van der Waals surface area contributed by atoms with Crippen LogP contribution in [-0.2, 0) is 0 Å². The molecule has 0 radical (unpaired) electrons. The van der Waals surface area contributed by atoms with Crippen molar-refractivity contribution in [2.75, 3.05) is 0 Å². The van der Waals surface area contributed by atoms with Crippen LogP contribution < -0.4 is 4.29 Å². The predicted octanol–water partition coefficient (Wildman–Crippen LogP) is 0.404. The van der Waals surface area contributed by atoms with E-state index in [2.05, 4.69) is 19.2 Å². The monoisotopic (exact) mass is 131 g/mol. The minimum atomic E-state index is 0.113. The van der Waals surface area contributed by atoms with Gasteiger partial charge in [0.1, 0.15) is 24.5 Å². The molecule has 0 N–H and O–H groups in total. The summed E-state index contributed by atoms with van der Waals surface area (Å²) in [6.07, 6.45) is 2.59. The molecule has 0 aromatic carbocycles. The van der Waals surface area contributed by atoms with Crippen molar-refractivity contribution in [3.8, 4) is 6.01 Å². The first-order valence-corrected chi connectivity index (χ1v) is 2.15. The smallest absolute Gasteiger partial charge is 0.338 e. The molecule has 42 valence electrons. The summed E-state index contributed by atoms with van der Waals surface area (Å²) in [6.45, 7) is 0. The van der Waals surface area contributed by atoms with E-state index in [4.69, 9.17) is 11.9 Å². The Morgan fingerprint density at radius 1 is 1.38 bits per heavy atom. The molecule has 0 unspecified atom stereocenters. The highest BCUT2D eigenvalue weighted by Gasteiger charge is 1.87. The van der Waals surface area contributed by atoms with Crippen molar-refractivity contribution in [3.63, 3.8) is 0 Å². The lowest BCUT2D eigenvalue weighted by Crippen LogP contribution is -1.85. The molecule has 0 atom stereocenters. The van der Waals surface area contributed by atoms with Gasteiger partial charge in [0.2, 0.25) is 0 Å². The standard InChI is InChI=1S/C3H2ClN3O/c4-8-3-6-1-5-2-7-3/h1-2H. The molecule has 0 bridgehead atoms. The zero-order chi connectivity index (χ0) is 5.82. The van der Waals surface area contributed by atoms with Crippen LogP contribution >= 0.6 is 11.9 Å². The van der Waals surface area contributed by atoms with E-state index in [0.29, 0.717) is 0 Å². The van der Waals surface area contributed by atoms with Gasteiger partial charge in [0.25, 0.3) is 0 Å². The minimum Gasteiger partial charge on any atom is -0.345 e. The van der Waals surface area contributed by atoms with Crippen LogP contribution in [0.2, 0.25) is 0 Å². The summed E-state index contributed by atoms with van der Waals surface area (Å²) in [5.41, 5.74) is 0. The van der Waals surface area contributed by atoms with E-state index in [9.17, 15) is 0 Å². The van der Waals surface area contributed by atoms with Crippen molar-refractivity contribution in [1.82, 2.24) is 15.0 Å². The Balaban J connectivity index is 2.83.